The van der Waals surface area contributed by atoms with Gasteiger partial charge in [-0.25, -0.2) is 4.39 Å². The Morgan fingerprint density at radius 3 is 2.45 bits per heavy atom. The average molecular weight is 458 g/mol. The van der Waals surface area contributed by atoms with E-state index in [1.807, 2.05) is 6.07 Å². The van der Waals surface area contributed by atoms with Crippen LogP contribution in [-0.2, 0) is 9.59 Å². The van der Waals surface area contributed by atoms with Gasteiger partial charge in [-0.3, -0.25) is 14.9 Å². The molecule has 8 heteroatoms. The fraction of sp³-hybridized carbons (Fsp3) is 0.680. The minimum Gasteiger partial charge on any atom is -0.371 e. The van der Waals surface area contributed by atoms with E-state index in [9.17, 15) is 14.0 Å². The lowest BCUT2D eigenvalue weighted by Crippen LogP contribution is -2.52. The Bertz CT molecular complexity index is 885. The summed E-state index contributed by atoms with van der Waals surface area (Å²) in [6.45, 7) is 5.48. The Balaban J connectivity index is 1.09. The number of carbonyl (C=O) groups is 2. The number of nitrogens with zero attached hydrogens (tertiary/aromatic N) is 2. The number of likely N-dealkylation sites (tertiary alicyclic amines) is 1. The van der Waals surface area contributed by atoms with Gasteiger partial charge in [0.15, 0.2) is 0 Å². The Kier molecular flexibility index (Phi) is 6.31. The molecule has 3 saturated heterocycles. The van der Waals surface area contributed by atoms with Crippen molar-refractivity contribution >= 4 is 23.2 Å². The van der Waals surface area contributed by atoms with Gasteiger partial charge < -0.3 is 20.9 Å². The van der Waals surface area contributed by atoms with E-state index in [0.717, 1.165) is 31.6 Å². The first-order valence-corrected chi connectivity index (χ1v) is 12.5. The van der Waals surface area contributed by atoms with Gasteiger partial charge in [0.25, 0.3) is 0 Å². The predicted octanol–water partition coefficient (Wildman–Crippen LogP) is 2.46. The van der Waals surface area contributed by atoms with Crippen molar-refractivity contribution in [3.8, 4) is 0 Å². The first kappa shape index (κ1) is 22.6. The van der Waals surface area contributed by atoms with E-state index in [0.29, 0.717) is 29.5 Å². The number of halogens is 1. The number of piperidine rings is 3. The molecule has 4 fully saturated rings. The molecule has 0 aromatic heterocycles. The van der Waals surface area contributed by atoms with Crippen LogP contribution < -0.4 is 21.3 Å². The largest absolute Gasteiger partial charge is 0.371 e. The second-order valence-corrected chi connectivity index (χ2v) is 10.7. The molecule has 4 N–H and O–H groups in total. The fourth-order valence-corrected chi connectivity index (χ4v) is 6.25. The van der Waals surface area contributed by atoms with Gasteiger partial charge in [0.05, 0.1) is 5.69 Å². The summed E-state index contributed by atoms with van der Waals surface area (Å²) in [6, 6.07) is 5.04. The van der Waals surface area contributed by atoms with Crippen molar-refractivity contribution < 1.29 is 14.0 Å². The number of imide groups is 1. The van der Waals surface area contributed by atoms with Crippen LogP contribution in [0.3, 0.4) is 0 Å². The van der Waals surface area contributed by atoms with E-state index in [2.05, 4.69) is 20.4 Å². The zero-order chi connectivity index (χ0) is 23.0. The Hall–Kier alpha value is -2.19. The van der Waals surface area contributed by atoms with Crippen LogP contribution in [0.15, 0.2) is 18.2 Å². The summed E-state index contributed by atoms with van der Waals surface area (Å²) < 4.78 is 14.8. The number of anilines is 2. The lowest BCUT2D eigenvalue weighted by atomic mass is 9.60. The molecule has 1 atom stereocenters. The van der Waals surface area contributed by atoms with Crippen LogP contribution in [0.1, 0.15) is 51.4 Å². The molecule has 7 nitrogen and oxygen atoms in total. The van der Waals surface area contributed by atoms with Crippen molar-refractivity contribution in [1.82, 2.24) is 10.2 Å². The second-order valence-electron chi connectivity index (χ2n) is 10.7. The van der Waals surface area contributed by atoms with Gasteiger partial charge in [-0.05, 0) is 87.6 Å². The van der Waals surface area contributed by atoms with Gasteiger partial charge in [-0.15, -0.1) is 0 Å². The van der Waals surface area contributed by atoms with Crippen LogP contribution in [0.25, 0.3) is 0 Å². The molecule has 1 unspecified atom stereocenters. The zero-order valence-electron chi connectivity index (χ0n) is 19.3. The maximum absolute atomic E-state index is 14.8. The van der Waals surface area contributed by atoms with Gasteiger partial charge in [0.2, 0.25) is 11.8 Å². The highest BCUT2D eigenvalue weighted by atomic mass is 19.1. The van der Waals surface area contributed by atoms with Crippen LogP contribution in [0.5, 0.6) is 0 Å². The molecule has 1 aromatic rings. The molecule has 0 radical (unpaired) electrons. The van der Waals surface area contributed by atoms with Crippen molar-refractivity contribution in [2.75, 3.05) is 42.9 Å². The summed E-state index contributed by atoms with van der Waals surface area (Å²) in [4.78, 5) is 28.1. The van der Waals surface area contributed by atoms with Crippen LogP contribution >= 0.6 is 0 Å². The maximum Gasteiger partial charge on any atom is 0.249 e. The zero-order valence-corrected chi connectivity index (χ0v) is 19.3. The molecular formula is C25H36FN5O2. The molecule has 2 amide bonds. The first-order chi connectivity index (χ1) is 15.9. The topological polar surface area (TPSA) is 90.7 Å². The highest BCUT2D eigenvalue weighted by Crippen LogP contribution is 2.48. The lowest BCUT2D eigenvalue weighted by Gasteiger charge is -2.51. The minimum atomic E-state index is -0.579. The van der Waals surface area contributed by atoms with E-state index in [1.54, 1.807) is 12.1 Å². The third kappa shape index (κ3) is 5.01. The smallest absolute Gasteiger partial charge is 0.249 e. The molecular weight excluding hydrogens is 421 g/mol. The standard InChI is InChI=1S/C25H36FN5O2/c26-20-13-19(1-2-21(20)28-22-3-4-23(32)29-24(22)33)31-9-5-17(6-10-31)16-30-11-7-25(8-12-30)14-18(27)15-25/h1-2,13,17-18,22,28H,3-12,14-16,27H2,(H,29,32,33). The number of carbonyl (C=O) groups excluding carboxylic acids is 2. The van der Waals surface area contributed by atoms with Crippen LogP contribution in [0.4, 0.5) is 15.8 Å². The van der Waals surface area contributed by atoms with Crippen LogP contribution in [-0.4, -0.2) is 61.5 Å². The molecule has 1 aliphatic carbocycles. The summed E-state index contributed by atoms with van der Waals surface area (Å²) >= 11 is 0. The van der Waals surface area contributed by atoms with Crippen LogP contribution in [0, 0.1) is 17.2 Å². The van der Waals surface area contributed by atoms with Crippen LogP contribution in [0.2, 0.25) is 0 Å². The van der Waals surface area contributed by atoms with Crippen molar-refractivity contribution in [3.63, 3.8) is 0 Å². The number of amides is 2. The molecule has 3 heterocycles. The molecule has 0 bridgehead atoms. The quantitative estimate of drug-likeness (QED) is 0.589. The number of hydrogen-bond acceptors (Lipinski definition) is 6. The SMILES string of the molecule is NC1CC2(CCN(CC3CCN(c4ccc(NC5CCC(=O)NC5=O)c(F)c4)CC3)CC2)C1. The van der Waals surface area contributed by atoms with Crippen molar-refractivity contribution in [1.29, 1.82) is 0 Å². The summed E-state index contributed by atoms with van der Waals surface area (Å²) in [6.07, 6.45) is 7.95. The van der Waals surface area contributed by atoms with E-state index in [1.165, 1.54) is 45.3 Å². The number of rotatable bonds is 5. The Morgan fingerprint density at radius 1 is 1.09 bits per heavy atom. The molecule has 3 aliphatic heterocycles. The van der Waals surface area contributed by atoms with Gasteiger partial charge in [-0.2, -0.15) is 0 Å². The van der Waals surface area contributed by atoms with Gasteiger partial charge in [0, 0.05) is 37.8 Å². The van der Waals surface area contributed by atoms with Crippen molar-refractivity contribution in [2.45, 2.75) is 63.5 Å². The molecule has 1 spiro atoms. The van der Waals surface area contributed by atoms with E-state index >= 15 is 0 Å². The first-order valence-electron chi connectivity index (χ1n) is 12.5. The molecule has 180 valence electrons. The normalized spacial score (nSPS) is 26.8. The van der Waals surface area contributed by atoms with E-state index < -0.39 is 11.9 Å². The summed E-state index contributed by atoms with van der Waals surface area (Å²) in [5.41, 5.74) is 7.78. The van der Waals surface area contributed by atoms with Crippen molar-refractivity contribution in [3.05, 3.63) is 24.0 Å². The van der Waals surface area contributed by atoms with Gasteiger partial charge in [-0.1, -0.05) is 0 Å². The lowest BCUT2D eigenvalue weighted by molar-refractivity contribution is -0.133. The second kappa shape index (κ2) is 9.22. The fourth-order valence-electron chi connectivity index (χ4n) is 6.25. The van der Waals surface area contributed by atoms with Crippen molar-refractivity contribution in [2.24, 2.45) is 17.1 Å². The molecule has 1 saturated carbocycles. The summed E-state index contributed by atoms with van der Waals surface area (Å²) in [7, 11) is 0. The minimum absolute atomic E-state index is 0.268. The summed E-state index contributed by atoms with van der Waals surface area (Å²) in [5.74, 6) is -0.323. The number of hydrogen-bond donors (Lipinski definition) is 3. The highest BCUT2D eigenvalue weighted by molar-refractivity contribution is 6.01. The van der Waals surface area contributed by atoms with Gasteiger partial charge in [0.1, 0.15) is 11.9 Å². The van der Waals surface area contributed by atoms with E-state index in [4.69, 9.17) is 5.73 Å². The third-order valence-corrected chi connectivity index (χ3v) is 8.32. The Morgan fingerprint density at radius 2 is 1.82 bits per heavy atom. The number of nitrogens with two attached hydrogens (primary N) is 1. The number of benzene rings is 1. The maximum atomic E-state index is 14.8. The highest BCUT2D eigenvalue weighted by Gasteiger charge is 2.44. The predicted molar refractivity (Wildman–Crippen MR) is 126 cm³/mol. The Labute approximate surface area is 195 Å². The monoisotopic (exact) mass is 457 g/mol. The third-order valence-electron chi connectivity index (χ3n) is 8.32. The molecule has 33 heavy (non-hydrogen) atoms. The molecule has 4 aliphatic rings. The van der Waals surface area contributed by atoms with Gasteiger partial charge >= 0.3 is 0 Å². The average Bonchev–Trinajstić information content (AvgIpc) is 2.78. The molecule has 1 aromatic carbocycles. The molecule has 5 rings (SSSR count). The van der Waals surface area contributed by atoms with E-state index in [-0.39, 0.29) is 18.1 Å². The number of nitrogens with one attached hydrogen (secondary N) is 2. The summed E-state index contributed by atoms with van der Waals surface area (Å²) in [5, 5.41) is 5.25.